The minimum absolute atomic E-state index is 0. The fraction of sp³-hybridized carbons (Fsp3) is 0.111. The fourth-order valence-corrected chi connectivity index (χ4v) is 1.85. The molecule has 1 nitrogen and oxygen atoms in total. The van der Waals surface area contributed by atoms with Crippen LogP contribution in [0.25, 0.3) is 10.9 Å². The van der Waals surface area contributed by atoms with Gasteiger partial charge in [-0.3, -0.25) is 0 Å². The molecule has 0 amide bonds. The van der Waals surface area contributed by atoms with Crippen molar-refractivity contribution in [1.29, 1.82) is 0 Å². The van der Waals surface area contributed by atoms with E-state index in [1.807, 2.05) is 0 Å². The second-order valence-electron chi connectivity index (χ2n) is 3.36. The molecule has 0 saturated heterocycles. The van der Waals surface area contributed by atoms with Crippen molar-refractivity contribution in [2.24, 2.45) is 0 Å². The van der Waals surface area contributed by atoms with E-state index in [1.165, 1.54) is 6.20 Å². The van der Waals surface area contributed by atoms with E-state index < -0.39 is 13.4 Å². The van der Waals surface area contributed by atoms with Gasteiger partial charge in [-0.2, -0.15) is 0 Å². The summed E-state index contributed by atoms with van der Waals surface area (Å²) in [5.74, 6) is 0. The number of rotatable bonds is 2. The molecule has 0 radical (unpaired) electrons. The molecule has 0 saturated carbocycles. The molecule has 0 aliphatic carbocycles. The predicted molar refractivity (Wildman–Crippen MR) is 56.0 cm³/mol. The first kappa shape index (κ1) is 14.6. The van der Waals surface area contributed by atoms with Crippen LogP contribution >= 0.6 is 11.6 Å². The van der Waals surface area contributed by atoms with Crippen LogP contribution in [0.2, 0.25) is 5.02 Å². The van der Waals surface area contributed by atoms with Crippen molar-refractivity contribution in [2.75, 3.05) is 0 Å². The second kappa shape index (κ2) is 5.46. The standard InChI is InChI=1S/C9H7BClF3N.K/c11-8-5-15(6-10(12,13)14)9-4-2-1-3-7(8)9;/h1-5H,6H2;/q-1;+1. The summed E-state index contributed by atoms with van der Waals surface area (Å²) in [5.41, 5.74) is 0.515. The van der Waals surface area contributed by atoms with Gasteiger partial charge in [0.25, 0.3) is 0 Å². The summed E-state index contributed by atoms with van der Waals surface area (Å²) >= 11 is 5.83. The maximum atomic E-state index is 12.3. The summed E-state index contributed by atoms with van der Waals surface area (Å²) in [5, 5.41) is 1.00. The first-order chi connectivity index (χ1) is 6.97. The van der Waals surface area contributed by atoms with Crippen LogP contribution in [0.15, 0.2) is 30.5 Å². The molecule has 2 rings (SSSR count). The number of para-hydroxylation sites is 1. The van der Waals surface area contributed by atoms with Crippen LogP contribution in [0.5, 0.6) is 0 Å². The first-order valence-electron chi connectivity index (χ1n) is 4.42. The molecule has 2 aromatic rings. The van der Waals surface area contributed by atoms with Crippen LogP contribution < -0.4 is 51.4 Å². The Kier molecular flexibility index (Phi) is 4.98. The monoisotopic (exact) mass is 271 g/mol. The zero-order valence-corrected chi connectivity index (χ0v) is 12.5. The molecule has 0 fully saturated rings. The van der Waals surface area contributed by atoms with Crippen LogP contribution in [0.3, 0.4) is 0 Å². The Labute approximate surface area is 138 Å². The second-order valence-corrected chi connectivity index (χ2v) is 3.76. The van der Waals surface area contributed by atoms with E-state index in [1.54, 1.807) is 24.3 Å². The number of nitrogens with zero attached hydrogens (tertiary/aromatic N) is 1. The Morgan fingerprint density at radius 1 is 1.19 bits per heavy atom. The van der Waals surface area contributed by atoms with Gasteiger partial charge in [-0.25, -0.2) is 0 Å². The van der Waals surface area contributed by atoms with Crippen molar-refractivity contribution in [1.82, 2.24) is 4.57 Å². The summed E-state index contributed by atoms with van der Waals surface area (Å²) in [6.45, 7) is -4.85. The average Bonchev–Trinajstić information content (AvgIpc) is 2.42. The number of hydrogen-bond acceptors (Lipinski definition) is 0. The molecular weight excluding hydrogens is 264 g/mol. The number of fused-ring (bicyclic) bond motifs is 1. The summed E-state index contributed by atoms with van der Waals surface area (Å²) in [6, 6.07) is 6.77. The summed E-state index contributed by atoms with van der Waals surface area (Å²) in [7, 11) is 0. The van der Waals surface area contributed by atoms with Crippen molar-refractivity contribution < 1.29 is 64.3 Å². The first-order valence-corrected chi connectivity index (χ1v) is 4.79. The molecular formula is C9H7BClF3KN. The Morgan fingerprint density at radius 2 is 1.81 bits per heavy atom. The quantitative estimate of drug-likeness (QED) is 0.708. The summed E-state index contributed by atoms with van der Waals surface area (Å²) < 4.78 is 38.0. The van der Waals surface area contributed by atoms with Gasteiger partial charge in [-0.15, -0.1) is 0 Å². The molecule has 0 aliphatic heterocycles. The van der Waals surface area contributed by atoms with Crippen LogP contribution in [0.4, 0.5) is 12.9 Å². The van der Waals surface area contributed by atoms with E-state index in [-0.39, 0.29) is 51.4 Å². The molecule has 1 heterocycles. The van der Waals surface area contributed by atoms with E-state index in [4.69, 9.17) is 11.6 Å². The van der Waals surface area contributed by atoms with E-state index in [0.717, 1.165) is 4.57 Å². The van der Waals surface area contributed by atoms with Gasteiger partial charge in [0.2, 0.25) is 0 Å². The molecule has 0 N–H and O–H groups in total. The Morgan fingerprint density at radius 3 is 2.44 bits per heavy atom. The van der Waals surface area contributed by atoms with Crippen LogP contribution in [0, 0.1) is 0 Å². The molecule has 0 aliphatic rings. The van der Waals surface area contributed by atoms with Gasteiger partial charge in [-0.1, -0.05) is 29.8 Å². The van der Waals surface area contributed by atoms with E-state index in [9.17, 15) is 12.9 Å². The third kappa shape index (κ3) is 3.27. The van der Waals surface area contributed by atoms with E-state index in [0.29, 0.717) is 15.9 Å². The topological polar surface area (TPSA) is 4.93 Å². The third-order valence-corrected chi connectivity index (χ3v) is 2.44. The van der Waals surface area contributed by atoms with Crippen molar-refractivity contribution in [3.05, 3.63) is 35.5 Å². The smallest absolute Gasteiger partial charge is 0.448 e. The molecule has 0 unspecified atom stereocenters. The minimum Gasteiger partial charge on any atom is -0.448 e. The van der Waals surface area contributed by atoms with E-state index >= 15 is 0 Å². The molecule has 1 aromatic carbocycles. The van der Waals surface area contributed by atoms with Gasteiger partial charge < -0.3 is 17.5 Å². The van der Waals surface area contributed by atoms with Gasteiger partial charge in [-0.05, 0) is 12.5 Å². The Hall–Kier alpha value is 0.541. The largest absolute Gasteiger partial charge is 1.00 e. The number of benzene rings is 1. The molecule has 1 aromatic heterocycles. The molecule has 0 spiro atoms. The molecule has 7 heteroatoms. The van der Waals surface area contributed by atoms with E-state index in [2.05, 4.69) is 0 Å². The van der Waals surface area contributed by atoms with Crippen molar-refractivity contribution in [3.63, 3.8) is 0 Å². The number of halogens is 4. The fourth-order valence-electron chi connectivity index (χ4n) is 1.58. The van der Waals surface area contributed by atoms with Gasteiger partial charge >= 0.3 is 58.4 Å². The zero-order chi connectivity index (χ0) is 11.1. The van der Waals surface area contributed by atoms with Gasteiger partial charge in [0.05, 0.1) is 5.02 Å². The maximum Gasteiger partial charge on any atom is 1.00 e. The van der Waals surface area contributed by atoms with Gasteiger partial charge in [0.15, 0.2) is 0 Å². The number of hydrogen-bond donors (Lipinski definition) is 0. The van der Waals surface area contributed by atoms with Crippen LogP contribution in [0.1, 0.15) is 0 Å². The number of aromatic nitrogens is 1. The van der Waals surface area contributed by atoms with Gasteiger partial charge in [0.1, 0.15) is 0 Å². The van der Waals surface area contributed by atoms with Crippen molar-refractivity contribution in [3.8, 4) is 0 Å². The predicted octanol–water partition coefficient (Wildman–Crippen LogP) is 0.685. The maximum absolute atomic E-state index is 12.3. The minimum atomic E-state index is -4.85. The third-order valence-electron chi connectivity index (χ3n) is 2.14. The molecule has 16 heavy (non-hydrogen) atoms. The summed E-state index contributed by atoms with van der Waals surface area (Å²) in [6.07, 6.45) is 0.370. The average molecular weight is 272 g/mol. The van der Waals surface area contributed by atoms with Crippen LogP contribution in [-0.4, -0.2) is 11.5 Å². The Balaban J connectivity index is 0.00000128. The normalized spacial score (nSPS) is 11.5. The SMILES string of the molecule is F[B-](F)(F)Cn1cc(Cl)c2ccccc21.[K+]. The van der Waals surface area contributed by atoms with Crippen molar-refractivity contribution in [2.45, 2.75) is 6.44 Å². The Bertz CT molecular complexity index is 497. The zero-order valence-electron chi connectivity index (χ0n) is 8.63. The van der Waals surface area contributed by atoms with Crippen LogP contribution in [-0.2, 0) is 6.44 Å². The van der Waals surface area contributed by atoms with Gasteiger partial charge in [0, 0.05) is 17.1 Å². The summed E-state index contributed by atoms with van der Waals surface area (Å²) in [4.78, 5) is 0. The molecule has 80 valence electrons. The molecule has 0 atom stereocenters. The molecule has 0 bridgehead atoms. The van der Waals surface area contributed by atoms with Crippen molar-refractivity contribution >= 4 is 29.5 Å².